The largest absolute Gasteiger partial charge is 0.488 e. The van der Waals surface area contributed by atoms with Crippen LogP contribution in [0.2, 0.25) is 0 Å². The van der Waals surface area contributed by atoms with Gasteiger partial charge in [0.05, 0.1) is 12.3 Å². The van der Waals surface area contributed by atoms with Gasteiger partial charge in [0.15, 0.2) is 0 Å². The number of nitrogens with two attached hydrogens (primary N) is 1. The second kappa shape index (κ2) is 11.0. The topological polar surface area (TPSA) is 97.9 Å². The minimum Gasteiger partial charge on any atom is -0.488 e. The first-order valence-electron chi connectivity index (χ1n) is 12.4. The van der Waals surface area contributed by atoms with Gasteiger partial charge in [-0.05, 0) is 62.9 Å². The van der Waals surface area contributed by atoms with E-state index in [1.54, 1.807) is 4.90 Å². The molecule has 1 fully saturated rings. The first-order chi connectivity index (χ1) is 17.2. The van der Waals surface area contributed by atoms with Gasteiger partial charge in [-0.25, -0.2) is 9.78 Å². The number of likely N-dealkylation sites (tertiary alicyclic amines) is 1. The number of amides is 1. The van der Waals surface area contributed by atoms with E-state index in [1.165, 1.54) is 0 Å². The van der Waals surface area contributed by atoms with E-state index < -0.39 is 5.60 Å². The molecule has 7 nitrogen and oxygen atoms in total. The SMILES string of the molecule is CC(C)(C)OC(=O)N1CCCC(c2cc(-c3ccccc3OCc3ccccc3)nc(N)c2CO)C1. The molecule has 2 aromatic carbocycles. The first kappa shape index (κ1) is 25.5. The van der Waals surface area contributed by atoms with Crippen molar-refractivity contribution in [1.29, 1.82) is 0 Å². The first-order valence-corrected chi connectivity index (χ1v) is 12.4. The molecule has 1 saturated heterocycles. The van der Waals surface area contributed by atoms with Crippen LogP contribution in [0.15, 0.2) is 60.7 Å². The monoisotopic (exact) mass is 489 g/mol. The van der Waals surface area contributed by atoms with Crippen molar-refractivity contribution in [2.24, 2.45) is 0 Å². The Balaban J connectivity index is 1.63. The summed E-state index contributed by atoms with van der Waals surface area (Å²) >= 11 is 0. The number of nitrogens with zero attached hydrogens (tertiary/aromatic N) is 2. The summed E-state index contributed by atoms with van der Waals surface area (Å²) in [7, 11) is 0. The molecule has 1 amide bonds. The van der Waals surface area contributed by atoms with E-state index in [1.807, 2.05) is 81.4 Å². The summed E-state index contributed by atoms with van der Waals surface area (Å²) in [5, 5.41) is 10.1. The average molecular weight is 490 g/mol. The van der Waals surface area contributed by atoms with Gasteiger partial charge in [0.2, 0.25) is 0 Å². The van der Waals surface area contributed by atoms with Crippen LogP contribution in [0.3, 0.4) is 0 Å². The number of ether oxygens (including phenoxy) is 2. The molecular formula is C29H35N3O4. The van der Waals surface area contributed by atoms with E-state index in [2.05, 4.69) is 4.98 Å². The zero-order valence-electron chi connectivity index (χ0n) is 21.2. The normalized spacial score (nSPS) is 16.0. The molecule has 2 heterocycles. The van der Waals surface area contributed by atoms with E-state index in [4.69, 9.17) is 15.2 Å². The molecule has 1 unspecified atom stereocenters. The molecule has 1 aliphatic heterocycles. The number of aliphatic hydroxyl groups is 1. The zero-order valence-corrected chi connectivity index (χ0v) is 21.2. The summed E-state index contributed by atoms with van der Waals surface area (Å²) in [6.45, 7) is 6.95. The lowest BCUT2D eigenvalue weighted by Crippen LogP contribution is -2.42. The molecule has 3 N–H and O–H groups in total. The standard InChI is InChI=1S/C29H35N3O4/c1-29(2,3)36-28(34)32-15-9-12-21(17-32)23-16-25(31-27(30)24(23)18-33)22-13-7-8-14-26(22)35-19-20-10-5-4-6-11-20/h4-8,10-11,13-14,16,21,33H,9,12,15,17-19H2,1-3H3,(H2,30,31). The third-order valence-corrected chi connectivity index (χ3v) is 6.26. The average Bonchev–Trinajstić information content (AvgIpc) is 2.87. The van der Waals surface area contributed by atoms with Gasteiger partial charge in [-0.15, -0.1) is 0 Å². The van der Waals surface area contributed by atoms with E-state index in [0.29, 0.717) is 36.7 Å². The smallest absolute Gasteiger partial charge is 0.410 e. The fourth-order valence-corrected chi connectivity index (χ4v) is 4.55. The number of nitrogen functional groups attached to an aromatic ring is 1. The predicted octanol–water partition coefficient (Wildman–Crippen LogP) is 5.52. The molecule has 7 heteroatoms. The van der Waals surface area contributed by atoms with Gasteiger partial charge in [0.1, 0.15) is 23.8 Å². The van der Waals surface area contributed by atoms with Crippen LogP contribution in [-0.4, -0.2) is 39.8 Å². The summed E-state index contributed by atoms with van der Waals surface area (Å²) in [6.07, 6.45) is 1.39. The lowest BCUT2D eigenvalue weighted by Gasteiger charge is -2.35. The molecular weight excluding hydrogens is 454 g/mol. The van der Waals surface area contributed by atoms with Crippen molar-refractivity contribution in [3.05, 3.63) is 77.4 Å². The van der Waals surface area contributed by atoms with Crippen molar-refractivity contribution in [3.63, 3.8) is 0 Å². The van der Waals surface area contributed by atoms with Crippen LogP contribution in [0.4, 0.5) is 10.6 Å². The molecule has 1 aliphatic rings. The number of aliphatic hydroxyl groups excluding tert-OH is 1. The highest BCUT2D eigenvalue weighted by atomic mass is 16.6. The minimum atomic E-state index is -0.558. The van der Waals surface area contributed by atoms with Crippen molar-refractivity contribution >= 4 is 11.9 Å². The van der Waals surface area contributed by atoms with E-state index in [9.17, 15) is 9.90 Å². The van der Waals surface area contributed by atoms with E-state index in [-0.39, 0.29) is 24.4 Å². The molecule has 0 saturated carbocycles. The van der Waals surface area contributed by atoms with Gasteiger partial charge in [-0.2, -0.15) is 0 Å². The fraction of sp³-hybridized carbons (Fsp3) is 0.379. The highest BCUT2D eigenvalue weighted by Gasteiger charge is 2.30. The van der Waals surface area contributed by atoms with E-state index >= 15 is 0 Å². The summed E-state index contributed by atoms with van der Waals surface area (Å²) in [4.78, 5) is 19.1. The van der Waals surface area contributed by atoms with E-state index in [0.717, 1.165) is 29.5 Å². The Morgan fingerprint density at radius 2 is 1.86 bits per heavy atom. The molecule has 4 rings (SSSR count). The Labute approximate surface area is 212 Å². The van der Waals surface area contributed by atoms with Crippen LogP contribution in [0.5, 0.6) is 5.75 Å². The number of hydrogen-bond donors (Lipinski definition) is 2. The number of pyridine rings is 1. The van der Waals surface area contributed by atoms with Crippen molar-refractivity contribution in [2.45, 2.75) is 58.3 Å². The molecule has 0 aliphatic carbocycles. The Morgan fingerprint density at radius 3 is 2.58 bits per heavy atom. The molecule has 1 atom stereocenters. The lowest BCUT2D eigenvalue weighted by molar-refractivity contribution is 0.0198. The van der Waals surface area contributed by atoms with Gasteiger partial charge in [0.25, 0.3) is 0 Å². The number of carbonyl (C=O) groups excluding carboxylic acids is 1. The Hall–Kier alpha value is -3.58. The van der Waals surface area contributed by atoms with Gasteiger partial charge in [-0.1, -0.05) is 42.5 Å². The number of rotatable bonds is 6. The van der Waals surface area contributed by atoms with Crippen LogP contribution in [0.25, 0.3) is 11.3 Å². The number of benzene rings is 2. The molecule has 3 aromatic rings. The highest BCUT2D eigenvalue weighted by molar-refractivity contribution is 5.71. The molecule has 1 aromatic heterocycles. The summed E-state index contributed by atoms with van der Waals surface area (Å²) < 4.78 is 11.8. The second-order valence-electron chi connectivity index (χ2n) is 10.2. The van der Waals surface area contributed by atoms with Crippen LogP contribution in [-0.2, 0) is 18.0 Å². The maximum Gasteiger partial charge on any atom is 0.410 e. The number of hydrogen-bond acceptors (Lipinski definition) is 6. The number of para-hydroxylation sites is 1. The Morgan fingerprint density at radius 1 is 1.14 bits per heavy atom. The quantitative estimate of drug-likeness (QED) is 0.473. The Bertz CT molecular complexity index is 1190. The molecule has 36 heavy (non-hydrogen) atoms. The maximum atomic E-state index is 12.7. The predicted molar refractivity (Wildman–Crippen MR) is 141 cm³/mol. The second-order valence-corrected chi connectivity index (χ2v) is 10.2. The van der Waals surface area contributed by atoms with Gasteiger partial charge in [-0.3, -0.25) is 0 Å². The summed E-state index contributed by atoms with van der Waals surface area (Å²) in [5.41, 5.74) is 9.89. The van der Waals surface area contributed by atoms with Crippen molar-refractivity contribution in [3.8, 4) is 17.0 Å². The summed E-state index contributed by atoms with van der Waals surface area (Å²) in [5.74, 6) is 1.00. The third kappa shape index (κ3) is 6.15. The zero-order chi connectivity index (χ0) is 25.7. The molecule has 0 radical (unpaired) electrons. The van der Waals surface area contributed by atoms with Gasteiger partial charge >= 0.3 is 6.09 Å². The summed E-state index contributed by atoms with van der Waals surface area (Å²) in [6, 6.07) is 19.7. The van der Waals surface area contributed by atoms with Crippen molar-refractivity contribution < 1.29 is 19.4 Å². The number of carbonyl (C=O) groups is 1. The van der Waals surface area contributed by atoms with Crippen LogP contribution in [0, 0.1) is 0 Å². The van der Waals surface area contributed by atoms with Crippen molar-refractivity contribution in [1.82, 2.24) is 9.88 Å². The third-order valence-electron chi connectivity index (χ3n) is 6.26. The van der Waals surface area contributed by atoms with Gasteiger partial charge in [0, 0.05) is 30.1 Å². The minimum absolute atomic E-state index is 0.00914. The fourth-order valence-electron chi connectivity index (χ4n) is 4.55. The number of aromatic nitrogens is 1. The van der Waals surface area contributed by atoms with Crippen LogP contribution >= 0.6 is 0 Å². The highest BCUT2D eigenvalue weighted by Crippen LogP contribution is 2.37. The molecule has 0 bridgehead atoms. The Kier molecular flexibility index (Phi) is 7.79. The molecule has 0 spiro atoms. The number of piperidine rings is 1. The maximum absolute atomic E-state index is 12.7. The van der Waals surface area contributed by atoms with Crippen LogP contribution < -0.4 is 10.5 Å². The lowest BCUT2D eigenvalue weighted by atomic mass is 9.87. The number of anilines is 1. The van der Waals surface area contributed by atoms with Gasteiger partial charge < -0.3 is 25.2 Å². The van der Waals surface area contributed by atoms with Crippen LogP contribution in [0.1, 0.15) is 56.2 Å². The van der Waals surface area contributed by atoms with Crippen molar-refractivity contribution in [2.75, 3.05) is 18.8 Å². The molecule has 190 valence electrons.